The van der Waals surface area contributed by atoms with Crippen molar-refractivity contribution in [3.63, 3.8) is 0 Å². The summed E-state index contributed by atoms with van der Waals surface area (Å²) in [5.74, 6) is 0. The monoisotopic (exact) mass is 117 g/mol. The Hall–Kier alpha value is 0.0374. The first-order valence-corrected chi connectivity index (χ1v) is 2.72. The molecule has 0 aliphatic heterocycles. The molecule has 1 aliphatic carbocycles. The number of allylic oxidation sites excluding steroid dienone is 4. The first kappa shape index (κ1) is 11.8. The van der Waals surface area contributed by atoms with Crippen molar-refractivity contribution >= 4 is 0 Å². The van der Waals surface area contributed by atoms with E-state index in [9.17, 15) is 0 Å². The van der Waals surface area contributed by atoms with Gasteiger partial charge >= 0.3 is 18.9 Å². The van der Waals surface area contributed by atoms with E-state index in [0.717, 1.165) is 6.42 Å². The fraction of sp³-hybridized carbons (Fsp3) is 0.429. The van der Waals surface area contributed by atoms with Gasteiger partial charge in [-0.3, -0.25) is 6.08 Å². The van der Waals surface area contributed by atoms with Gasteiger partial charge in [0, 0.05) is 0 Å². The van der Waals surface area contributed by atoms with E-state index in [1.54, 1.807) is 0 Å². The van der Waals surface area contributed by atoms with Crippen molar-refractivity contribution in [3.05, 3.63) is 24.3 Å². The Morgan fingerprint density at radius 3 is 2.11 bits per heavy atom. The van der Waals surface area contributed by atoms with Crippen LogP contribution in [0.4, 0.5) is 0 Å². The Morgan fingerprint density at radius 2 is 2.00 bits per heavy atom. The molecule has 0 spiro atoms. The summed E-state index contributed by atoms with van der Waals surface area (Å²) >= 11 is 0. The normalized spacial score (nSPS) is 11.8. The molecule has 0 aromatic heterocycles. The summed E-state index contributed by atoms with van der Waals surface area (Å²) in [5, 5.41) is 2.75. The molecule has 0 heterocycles. The molecular weight excluding hydrogens is 105 g/mol. The molecule has 1 rings (SSSR count). The van der Waals surface area contributed by atoms with Gasteiger partial charge in [-0.25, -0.2) is 12.2 Å². The third-order valence-corrected chi connectivity index (χ3v) is 0.586. The molecule has 0 aromatic carbocycles. The Kier molecular flexibility index (Phi) is 14.3. The molecule has 0 unspecified atom stereocenters. The maximum absolute atomic E-state index is 2.99. The van der Waals surface area contributed by atoms with Crippen LogP contribution in [0.5, 0.6) is 0 Å². The van der Waals surface area contributed by atoms with Gasteiger partial charge in [-0.15, -0.1) is 6.42 Å². The van der Waals surface area contributed by atoms with E-state index in [0.29, 0.717) is 0 Å². The van der Waals surface area contributed by atoms with Crippen LogP contribution < -0.4 is 24.2 Å². The standard InChI is InChI=1S/C5H5.C2H7N.Li/c1-2-4-5-3-1;1-3-2;/h1-3H,4H2;3H,1-2H3;/q-1;;+1. The second-order valence-corrected chi connectivity index (χ2v) is 1.50. The van der Waals surface area contributed by atoms with Crippen molar-refractivity contribution in [2.75, 3.05) is 14.1 Å². The van der Waals surface area contributed by atoms with Crippen LogP contribution in [0.2, 0.25) is 0 Å². The molecule has 0 fully saturated rings. The topological polar surface area (TPSA) is 12.0 Å². The minimum atomic E-state index is 0. The molecule has 1 aliphatic rings. The fourth-order valence-electron chi connectivity index (χ4n) is 0.340. The van der Waals surface area contributed by atoms with Crippen LogP contribution >= 0.6 is 0 Å². The molecule has 2 heteroatoms. The first-order valence-electron chi connectivity index (χ1n) is 2.72. The van der Waals surface area contributed by atoms with Gasteiger partial charge in [0.25, 0.3) is 0 Å². The zero-order valence-electron chi connectivity index (χ0n) is 6.44. The molecule has 0 aromatic rings. The Balaban J connectivity index is 0. The Morgan fingerprint density at radius 1 is 1.44 bits per heavy atom. The number of hydrogen-bond donors (Lipinski definition) is 1. The zero-order valence-corrected chi connectivity index (χ0v) is 6.44. The van der Waals surface area contributed by atoms with Gasteiger partial charge in [0.15, 0.2) is 0 Å². The van der Waals surface area contributed by atoms with Crippen LogP contribution in [0.25, 0.3) is 0 Å². The summed E-state index contributed by atoms with van der Waals surface area (Å²) in [4.78, 5) is 0. The summed E-state index contributed by atoms with van der Waals surface area (Å²) in [5.41, 5.74) is 0. The Labute approximate surface area is 69.4 Å². The second kappa shape index (κ2) is 10.9. The van der Waals surface area contributed by atoms with E-state index in [2.05, 4.69) is 17.5 Å². The smallest absolute Gasteiger partial charge is 0.323 e. The number of hydrogen-bond acceptors (Lipinski definition) is 1. The number of nitrogens with one attached hydrogen (secondary N) is 1. The second-order valence-electron chi connectivity index (χ2n) is 1.50. The molecule has 9 heavy (non-hydrogen) atoms. The van der Waals surface area contributed by atoms with E-state index in [1.165, 1.54) is 0 Å². The van der Waals surface area contributed by atoms with E-state index in [1.807, 2.05) is 26.2 Å². The SMILES string of the molecule is CNC.[C-]1=CC=CC1.[Li+]. The maximum Gasteiger partial charge on any atom is 1.00 e. The predicted molar refractivity (Wildman–Crippen MR) is 36.6 cm³/mol. The van der Waals surface area contributed by atoms with Crippen molar-refractivity contribution in [1.29, 1.82) is 0 Å². The van der Waals surface area contributed by atoms with Crippen LogP contribution in [0, 0.1) is 6.08 Å². The summed E-state index contributed by atoms with van der Waals surface area (Å²) in [6, 6.07) is 0. The van der Waals surface area contributed by atoms with Gasteiger partial charge in [-0.1, -0.05) is 0 Å². The molecule has 0 radical (unpaired) electrons. The first-order chi connectivity index (χ1) is 3.91. The van der Waals surface area contributed by atoms with Crippen LogP contribution in [0.3, 0.4) is 0 Å². The summed E-state index contributed by atoms with van der Waals surface area (Å²) in [6.07, 6.45) is 10.0. The average Bonchev–Trinajstić information content (AvgIpc) is 2.17. The number of rotatable bonds is 0. The molecule has 0 atom stereocenters. The van der Waals surface area contributed by atoms with Crippen molar-refractivity contribution in [2.24, 2.45) is 0 Å². The van der Waals surface area contributed by atoms with E-state index >= 15 is 0 Å². The van der Waals surface area contributed by atoms with Crippen molar-refractivity contribution in [3.8, 4) is 0 Å². The van der Waals surface area contributed by atoms with Gasteiger partial charge in [-0.05, 0) is 14.1 Å². The predicted octanol–water partition coefficient (Wildman–Crippen LogP) is -1.85. The summed E-state index contributed by atoms with van der Waals surface area (Å²) in [7, 11) is 3.75. The van der Waals surface area contributed by atoms with Gasteiger partial charge in [0.1, 0.15) is 0 Å². The van der Waals surface area contributed by atoms with Crippen molar-refractivity contribution in [2.45, 2.75) is 6.42 Å². The van der Waals surface area contributed by atoms with Crippen LogP contribution in [-0.4, -0.2) is 14.1 Å². The van der Waals surface area contributed by atoms with Crippen LogP contribution in [0.15, 0.2) is 18.2 Å². The minimum absolute atomic E-state index is 0. The van der Waals surface area contributed by atoms with Crippen LogP contribution in [0.1, 0.15) is 6.42 Å². The zero-order chi connectivity index (χ0) is 6.24. The quantitative estimate of drug-likeness (QED) is 0.290. The molecule has 1 N–H and O–H groups in total. The molecule has 1 nitrogen and oxygen atoms in total. The minimum Gasteiger partial charge on any atom is -0.323 e. The third-order valence-electron chi connectivity index (χ3n) is 0.586. The van der Waals surface area contributed by atoms with E-state index in [4.69, 9.17) is 0 Å². The van der Waals surface area contributed by atoms with Gasteiger partial charge in [-0.2, -0.15) is 6.08 Å². The largest absolute Gasteiger partial charge is 1.00 e. The fourth-order valence-corrected chi connectivity index (χ4v) is 0.340. The van der Waals surface area contributed by atoms with Crippen molar-refractivity contribution in [1.82, 2.24) is 5.32 Å². The average molecular weight is 117 g/mol. The van der Waals surface area contributed by atoms with Gasteiger partial charge < -0.3 is 5.32 Å². The van der Waals surface area contributed by atoms with Gasteiger partial charge in [0.2, 0.25) is 0 Å². The Bertz CT molecular complexity index is 76.9. The molecule has 0 bridgehead atoms. The summed E-state index contributed by atoms with van der Waals surface area (Å²) < 4.78 is 0. The molecule has 0 saturated heterocycles. The van der Waals surface area contributed by atoms with Crippen LogP contribution in [-0.2, 0) is 0 Å². The third kappa shape index (κ3) is 11.5. The molecule has 46 valence electrons. The van der Waals surface area contributed by atoms with E-state index < -0.39 is 0 Å². The maximum atomic E-state index is 2.99. The van der Waals surface area contributed by atoms with Gasteiger partial charge in [0.05, 0.1) is 0 Å². The molecule has 0 saturated carbocycles. The van der Waals surface area contributed by atoms with Crippen molar-refractivity contribution < 1.29 is 18.9 Å². The molecular formula is C7H12LiN. The van der Waals surface area contributed by atoms with E-state index in [-0.39, 0.29) is 18.9 Å². The molecule has 0 amide bonds. The summed E-state index contributed by atoms with van der Waals surface area (Å²) in [6.45, 7) is 0.